The fourth-order valence-electron chi connectivity index (χ4n) is 10.5. The van der Waals surface area contributed by atoms with E-state index in [2.05, 4.69) is 27.7 Å². The van der Waals surface area contributed by atoms with E-state index in [0.717, 1.165) is 44.1 Å². The largest absolute Gasteiger partial charge is 0.357 e. The summed E-state index contributed by atoms with van der Waals surface area (Å²) in [5.41, 5.74) is 0.465. The monoisotopic (exact) mass is 428 g/mol. The maximum atomic E-state index is 12.4. The highest BCUT2D eigenvalue weighted by atomic mass is 16.7. The Bertz CT molecular complexity index is 816. The summed E-state index contributed by atoms with van der Waals surface area (Å²) in [5.74, 6) is 4.10. The lowest BCUT2D eigenvalue weighted by atomic mass is 9.44. The predicted molar refractivity (Wildman–Crippen MR) is 116 cm³/mol. The zero-order valence-electron chi connectivity index (χ0n) is 19.8. The first-order chi connectivity index (χ1) is 14.7. The zero-order valence-corrected chi connectivity index (χ0v) is 19.8. The molecule has 12 atom stereocenters. The second-order valence-corrected chi connectivity index (χ2v) is 13.2. The van der Waals surface area contributed by atoms with Crippen molar-refractivity contribution in [3.05, 3.63) is 0 Å². The molecule has 7 rings (SSSR count). The van der Waals surface area contributed by atoms with E-state index in [4.69, 9.17) is 14.2 Å². The minimum absolute atomic E-state index is 0.0717. The summed E-state index contributed by atoms with van der Waals surface area (Å²) in [6, 6.07) is 0. The molecular formula is C27H40O4. The molecular weight excluding hydrogens is 388 g/mol. The van der Waals surface area contributed by atoms with Crippen LogP contribution in [0.25, 0.3) is 0 Å². The number of carbonyl (C=O) groups is 1. The van der Waals surface area contributed by atoms with E-state index in [1.807, 2.05) is 0 Å². The van der Waals surface area contributed by atoms with Crippen LogP contribution in [0.5, 0.6) is 0 Å². The van der Waals surface area contributed by atoms with Crippen LogP contribution in [0.3, 0.4) is 0 Å². The van der Waals surface area contributed by atoms with Gasteiger partial charge in [-0.3, -0.25) is 4.79 Å². The third-order valence-corrected chi connectivity index (χ3v) is 12.2. The first kappa shape index (κ1) is 20.0. The van der Waals surface area contributed by atoms with Crippen molar-refractivity contribution in [1.29, 1.82) is 0 Å². The van der Waals surface area contributed by atoms with Gasteiger partial charge < -0.3 is 14.2 Å². The fraction of sp³-hybridized carbons (Fsp3) is 0.963. The fourth-order valence-corrected chi connectivity index (χ4v) is 10.5. The zero-order chi connectivity index (χ0) is 21.4. The van der Waals surface area contributed by atoms with Crippen LogP contribution in [0.4, 0.5) is 0 Å². The van der Waals surface area contributed by atoms with Gasteiger partial charge in [-0.15, -0.1) is 0 Å². The lowest BCUT2D eigenvalue weighted by molar-refractivity contribution is -0.273. The van der Waals surface area contributed by atoms with Gasteiger partial charge in [0.1, 0.15) is 11.7 Å². The summed E-state index contributed by atoms with van der Waals surface area (Å²) in [7, 11) is 0. The minimum atomic E-state index is -0.311. The lowest BCUT2D eigenvalue weighted by Crippen LogP contribution is -2.58. The highest BCUT2D eigenvalue weighted by molar-refractivity contribution is 5.88. The molecule has 7 fully saturated rings. The maximum Gasteiger partial charge on any atom is 0.171 e. The number of hydrogen-bond acceptors (Lipinski definition) is 4. The van der Waals surface area contributed by atoms with Crippen LogP contribution >= 0.6 is 0 Å². The molecule has 31 heavy (non-hydrogen) atoms. The Balaban J connectivity index is 1.18. The Hall–Kier alpha value is -0.450. The molecule has 0 aromatic carbocycles. The van der Waals surface area contributed by atoms with E-state index in [-0.39, 0.29) is 22.9 Å². The van der Waals surface area contributed by atoms with Crippen LogP contribution in [-0.2, 0) is 19.0 Å². The van der Waals surface area contributed by atoms with Crippen LogP contribution in [0.1, 0.15) is 85.5 Å². The van der Waals surface area contributed by atoms with E-state index in [0.29, 0.717) is 41.0 Å². The Morgan fingerprint density at radius 2 is 1.77 bits per heavy atom. The molecule has 0 bridgehead atoms. The van der Waals surface area contributed by atoms with E-state index in [9.17, 15) is 4.79 Å². The molecule has 0 N–H and O–H groups in total. The lowest BCUT2D eigenvalue weighted by Gasteiger charge is -2.59. The summed E-state index contributed by atoms with van der Waals surface area (Å²) in [5, 5.41) is 0. The van der Waals surface area contributed by atoms with Crippen LogP contribution in [0, 0.1) is 46.3 Å². The van der Waals surface area contributed by atoms with Gasteiger partial charge in [-0.25, -0.2) is 0 Å². The van der Waals surface area contributed by atoms with Crippen molar-refractivity contribution >= 4 is 5.78 Å². The van der Waals surface area contributed by atoms with Gasteiger partial charge in [0, 0.05) is 24.2 Å². The molecule has 0 amide bonds. The Morgan fingerprint density at radius 1 is 0.935 bits per heavy atom. The number of fused-ring (bicyclic) bond motifs is 6. The van der Waals surface area contributed by atoms with Crippen molar-refractivity contribution in [2.24, 2.45) is 46.3 Å². The average Bonchev–Trinajstić information content (AvgIpc) is 3.34. The molecule has 4 unspecified atom stereocenters. The summed E-state index contributed by atoms with van der Waals surface area (Å²) in [6.07, 6.45) is 10.6. The third kappa shape index (κ3) is 2.22. The molecule has 4 saturated carbocycles. The van der Waals surface area contributed by atoms with Crippen molar-refractivity contribution < 1.29 is 19.0 Å². The number of epoxide rings is 1. The molecule has 4 heteroatoms. The summed E-state index contributed by atoms with van der Waals surface area (Å²) < 4.78 is 19.6. The average molecular weight is 429 g/mol. The smallest absolute Gasteiger partial charge is 0.171 e. The first-order valence-corrected chi connectivity index (χ1v) is 13.3. The highest BCUT2D eigenvalue weighted by Crippen LogP contribution is 2.74. The van der Waals surface area contributed by atoms with Gasteiger partial charge >= 0.3 is 0 Å². The number of rotatable bonds is 0. The van der Waals surface area contributed by atoms with Crippen LogP contribution in [0.15, 0.2) is 0 Å². The second kappa shape index (κ2) is 5.96. The van der Waals surface area contributed by atoms with Gasteiger partial charge in [-0.1, -0.05) is 27.7 Å². The molecule has 3 heterocycles. The molecule has 0 aromatic heterocycles. The SMILES string of the molecule is CC1CC[C@@]2(OC1)O[C@H]1CC3C4CC[C@@]56O[C@@H]5C(=O)CC[C@]6(C)C4CC[C@]3(C)[C@H]1[C@@H]2C. The Kier molecular flexibility index (Phi) is 3.84. The topological polar surface area (TPSA) is 48.1 Å². The summed E-state index contributed by atoms with van der Waals surface area (Å²) in [4.78, 5) is 12.4. The molecule has 172 valence electrons. The quantitative estimate of drug-likeness (QED) is 0.502. The number of carbonyl (C=O) groups excluding carboxylic acids is 1. The molecule has 3 saturated heterocycles. The maximum absolute atomic E-state index is 12.4. The number of ether oxygens (including phenoxy) is 3. The van der Waals surface area contributed by atoms with Crippen molar-refractivity contribution in [2.45, 2.75) is 109 Å². The van der Waals surface area contributed by atoms with Gasteiger partial charge in [0.2, 0.25) is 0 Å². The van der Waals surface area contributed by atoms with E-state index in [1.165, 1.54) is 32.1 Å². The number of Topliss-reactive ketones (excluding diaryl/α,β-unsaturated/α-hetero) is 1. The highest BCUT2D eigenvalue weighted by Gasteiger charge is 2.77. The first-order valence-electron chi connectivity index (χ1n) is 13.3. The van der Waals surface area contributed by atoms with Crippen molar-refractivity contribution in [3.8, 4) is 0 Å². The van der Waals surface area contributed by atoms with Gasteiger partial charge in [0.15, 0.2) is 11.6 Å². The second-order valence-electron chi connectivity index (χ2n) is 13.2. The Labute approximate surface area is 187 Å². The predicted octanol–water partition coefficient (Wildman–Crippen LogP) is 5.13. The molecule has 0 aromatic rings. The van der Waals surface area contributed by atoms with Crippen molar-refractivity contribution in [3.63, 3.8) is 0 Å². The molecule has 4 aliphatic carbocycles. The van der Waals surface area contributed by atoms with Crippen molar-refractivity contribution in [1.82, 2.24) is 0 Å². The van der Waals surface area contributed by atoms with Crippen LogP contribution in [0.2, 0.25) is 0 Å². The normalized spacial score (nSPS) is 64.3. The Morgan fingerprint density at radius 3 is 2.55 bits per heavy atom. The third-order valence-electron chi connectivity index (χ3n) is 12.2. The molecule has 2 spiro atoms. The van der Waals surface area contributed by atoms with Crippen LogP contribution < -0.4 is 0 Å². The van der Waals surface area contributed by atoms with Crippen molar-refractivity contribution in [2.75, 3.05) is 6.61 Å². The van der Waals surface area contributed by atoms with Gasteiger partial charge in [0.05, 0.1) is 12.7 Å². The summed E-state index contributed by atoms with van der Waals surface area (Å²) >= 11 is 0. The minimum Gasteiger partial charge on any atom is -0.357 e. The standard InChI is InChI=1S/C27H40O4/c1-15-5-12-27(29-14-15)16(2)22-21(30-27)13-19-17-6-11-26-23(31-26)20(28)8-10-25(26,4)18(17)7-9-24(19,22)3/h15-19,21-23H,5-14H2,1-4H3/t15?,16-,17?,18?,19?,21-,22-,23+,24-,25+,26+,27+/m0/s1. The van der Waals surface area contributed by atoms with Crippen LogP contribution in [-0.4, -0.2) is 36.0 Å². The molecule has 0 radical (unpaired) electrons. The van der Waals surface area contributed by atoms with Gasteiger partial charge in [-0.2, -0.15) is 0 Å². The number of ketones is 1. The van der Waals surface area contributed by atoms with E-state index in [1.54, 1.807) is 0 Å². The number of hydrogen-bond donors (Lipinski definition) is 0. The van der Waals surface area contributed by atoms with Gasteiger partial charge in [0.25, 0.3) is 0 Å². The molecule has 3 aliphatic heterocycles. The summed E-state index contributed by atoms with van der Waals surface area (Å²) in [6.45, 7) is 10.7. The van der Waals surface area contributed by atoms with E-state index >= 15 is 0 Å². The van der Waals surface area contributed by atoms with Gasteiger partial charge in [-0.05, 0) is 80.0 Å². The van der Waals surface area contributed by atoms with E-state index < -0.39 is 0 Å². The molecule has 7 aliphatic rings. The molecule has 4 nitrogen and oxygen atoms in total.